The first-order valence-electron chi connectivity index (χ1n) is 6.15. The molecule has 0 radical (unpaired) electrons. The molecule has 5 nitrogen and oxygen atoms in total. The molecule has 1 aromatic carbocycles. The van der Waals surface area contributed by atoms with Crippen molar-refractivity contribution in [1.82, 2.24) is 9.97 Å². The summed E-state index contributed by atoms with van der Waals surface area (Å²) in [6.45, 7) is 0. The van der Waals surface area contributed by atoms with E-state index in [1.165, 1.54) is 18.6 Å². The first kappa shape index (κ1) is 15.4. The number of hydrogen-bond acceptors (Lipinski definition) is 4. The molecule has 2 N–H and O–H groups in total. The lowest BCUT2D eigenvalue weighted by molar-refractivity contribution is -0.116. The lowest BCUT2D eigenvalue weighted by atomic mass is 10.1. The summed E-state index contributed by atoms with van der Waals surface area (Å²) < 4.78 is 0. The van der Waals surface area contributed by atoms with Crippen LogP contribution < -0.4 is 5.32 Å². The minimum atomic E-state index is -0.222. The second kappa shape index (κ2) is 7.15. The fourth-order valence-electron chi connectivity index (χ4n) is 1.64. The van der Waals surface area contributed by atoms with Gasteiger partial charge in [-0.15, -0.1) is 0 Å². The highest BCUT2D eigenvalue weighted by Crippen LogP contribution is 2.23. The fourth-order valence-corrected chi connectivity index (χ4v) is 1.93. The zero-order valence-electron chi connectivity index (χ0n) is 10.9. The van der Waals surface area contributed by atoms with Crippen molar-refractivity contribution in [2.75, 3.05) is 5.32 Å². The van der Waals surface area contributed by atoms with Crippen molar-refractivity contribution in [3.05, 3.63) is 52.4 Å². The molecular weight excluding hydrogens is 311 g/mol. The minimum Gasteiger partial charge on any atom is -0.309 e. The third-order valence-electron chi connectivity index (χ3n) is 2.70. The molecular formula is C14H12Cl2N4O. The predicted molar refractivity (Wildman–Crippen MR) is 83.2 cm³/mol. The van der Waals surface area contributed by atoms with Gasteiger partial charge in [0.25, 0.3) is 0 Å². The third kappa shape index (κ3) is 4.51. The van der Waals surface area contributed by atoms with Crippen LogP contribution in [0.5, 0.6) is 0 Å². The Hall–Kier alpha value is -1.98. The van der Waals surface area contributed by atoms with Crippen LogP contribution in [0.25, 0.3) is 0 Å². The van der Waals surface area contributed by atoms with Crippen LogP contribution in [0.4, 0.5) is 5.82 Å². The molecule has 1 amide bonds. The van der Waals surface area contributed by atoms with E-state index in [-0.39, 0.29) is 12.3 Å². The van der Waals surface area contributed by atoms with E-state index in [0.29, 0.717) is 33.6 Å². The van der Waals surface area contributed by atoms with Crippen LogP contribution in [0.1, 0.15) is 18.4 Å². The molecule has 1 aromatic heterocycles. The number of carbonyl (C=O) groups is 1. The zero-order valence-corrected chi connectivity index (χ0v) is 12.4. The van der Waals surface area contributed by atoms with Crippen molar-refractivity contribution in [3.8, 4) is 0 Å². The molecule has 2 rings (SSSR count). The second-order valence-corrected chi connectivity index (χ2v) is 5.06. The molecule has 1 heterocycles. The Labute approximate surface area is 131 Å². The molecule has 0 aliphatic carbocycles. The lowest BCUT2D eigenvalue weighted by Crippen LogP contribution is -2.14. The van der Waals surface area contributed by atoms with Crippen LogP contribution in [-0.4, -0.2) is 21.6 Å². The van der Waals surface area contributed by atoms with Gasteiger partial charge in [0.15, 0.2) is 5.82 Å². The minimum absolute atomic E-state index is 0.176. The number of aromatic nitrogens is 2. The summed E-state index contributed by atoms with van der Waals surface area (Å²) >= 11 is 11.7. The Bertz CT molecular complexity index is 661. The molecule has 0 saturated heterocycles. The van der Waals surface area contributed by atoms with Gasteiger partial charge in [0.2, 0.25) is 5.91 Å². The van der Waals surface area contributed by atoms with E-state index >= 15 is 0 Å². The van der Waals surface area contributed by atoms with Crippen molar-refractivity contribution in [3.63, 3.8) is 0 Å². The first-order valence-corrected chi connectivity index (χ1v) is 6.90. The van der Waals surface area contributed by atoms with Crippen LogP contribution in [0.15, 0.2) is 36.8 Å². The monoisotopic (exact) mass is 322 g/mol. The quantitative estimate of drug-likeness (QED) is 0.826. The molecule has 0 bridgehead atoms. The average molecular weight is 323 g/mol. The number of benzene rings is 1. The Morgan fingerprint density at radius 1 is 1.19 bits per heavy atom. The third-order valence-corrected chi connectivity index (χ3v) is 3.44. The standard InChI is InChI=1S/C14H12Cl2N4O/c15-10-2-1-9(7-11(10)16)12(17)3-4-14(21)20-13-8-18-5-6-19-13/h1-2,5-8,17H,3-4H2,(H,19,20,21). The van der Waals surface area contributed by atoms with E-state index in [2.05, 4.69) is 15.3 Å². The van der Waals surface area contributed by atoms with Gasteiger partial charge in [0, 0.05) is 24.5 Å². The van der Waals surface area contributed by atoms with E-state index in [4.69, 9.17) is 28.6 Å². The smallest absolute Gasteiger partial charge is 0.225 e. The number of halogens is 2. The van der Waals surface area contributed by atoms with Crippen molar-refractivity contribution in [2.45, 2.75) is 12.8 Å². The molecule has 0 atom stereocenters. The Balaban J connectivity index is 1.89. The highest BCUT2D eigenvalue weighted by atomic mass is 35.5. The van der Waals surface area contributed by atoms with E-state index in [9.17, 15) is 4.79 Å². The summed E-state index contributed by atoms with van der Waals surface area (Å²) in [5.41, 5.74) is 0.972. The van der Waals surface area contributed by atoms with E-state index in [1.54, 1.807) is 18.2 Å². The number of hydrogen-bond donors (Lipinski definition) is 2. The number of rotatable bonds is 5. The number of amides is 1. The topological polar surface area (TPSA) is 78.7 Å². The summed E-state index contributed by atoms with van der Waals surface area (Å²) in [7, 11) is 0. The number of nitrogens with zero attached hydrogens (tertiary/aromatic N) is 2. The normalized spacial score (nSPS) is 10.2. The number of carbonyl (C=O) groups excluding carboxylic acids is 1. The van der Waals surface area contributed by atoms with Crippen molar-refractivity contribution >= 4 is 40.6 Å². The maximum absolute atomic E-state index is 11.7. The Morgan fingerprint density at radius 3 is 2.67 bits per heavy atom. The first-order chi connectivity index (χ1) is 10.1. The predicted octanol–water partition coefficient (Wildman–Crippen LogP) is 3.57. The molecule has 21 heavy (non-hydrogen) atoms. The van der Waals surface area contributed by atoms with Crippen LogP contribution in [-0.2, 0) is 4.79 Å². The van der Waals surface area contributed by atoms with Crippen LogP contribution in [0.3, 0.4) is 0 Å². The van der Waals surface area contributed by atoms with Gasteiger partial charge < -0.3 is 10.7 Å². The molecule has 0 saturated carbocycles. The second-order valence-electron chi connectivity index (χ2n) is 4.25. The highest BCUT2D eigenvalue weighted by Gasteiger charge is 2.08. The van der Waals surface area contributed by atoms with Crippen molar-refractivity contribution in [1.29, 1.82) is 5.41 Å². The van der Waals surface area contributed by atoms with Gasteiger partial charge >= 0.3 is 0 Å². The largest absolute Gasteiger partial charge is 0.309 e. The molecule has 0 aliphatic rings. The van der Waals surface area contributed by atoms with Gasteiger partial charge in [-0.05, 0) is 24.1 Å². The molecule has 2 aromatic rings. The van der Waals surface area contributed by atoms with Crippen molar-refractivity contribution in [2.24, 2.45) is 0 Å². The van der Waals surface area contributed by atoms with Gasteiger partial charge in [-0.1, -0.05) is 29.3 Å². The maximum atomic E-state index is 11.7. The van der Waals surface area contributed by atoms with Crippen LogP contribution in [0.2, 0.25) is 10.0 Å². The fraction of sp³-hybridized carbons (Fsp3) is 0.143. The van der Waals surface area contributed by atoms with Gasteiger partial charge in [-0.2, -0.15) is 0 Å². The summed E-state index contributed by atoms with van der Waals surface area (Å²) in [5.74, 6) is 0.170. The van der Waals surface area contributed by atoms with E-state index in [1.807, 2.05) is 0 Å². The van der Waals surface area contributed by atoms with Crippen LogP contribution >= 0.6 is 23.2 Å². The summed E-state index contributed by atoms with van der Waals surface area (Å²) in [5, 5.41) is 11.4. The molecule has 0 unspecified atom stereocenters. The molecule has 0 fully saturated rings. The molecule has 7 heteroatoms. The van der Waals surface area contributed by atoms with Gasteiger partial charge in [-0.25, -0.2) is 4.98 Å². The SMILES string of the molecule is N=C(CCC(=O)Nc1cnccn1)c1ccc(Cl)c(Cl)c1. The molecule has 0 aliphatic heterocycles. The average Bonchev–Trinajstić information content (AvgIpc) is 2.48. The summed E-state index contributed by atoms with van der Waals surface area (Å²) in [4.78, 5) is 19.5. The lowest BCUT2D eigenvalue weighted by Gasteiger charge is -2.06. The zero-order chi connectivity index (χ0) is 15.2. The molecule has 0 spiro atoms. The Kier molecular flexibility index (Phi) is 5.25. The maximum Gasteiger partial charge on any atom is 0.225 e. The van der Waals surface area contributed by atoms with Gasteiger partial charge in [0.1, 0.15) is 0 Å². The Morgan fingerprint density at radius 2 is 2.00 bits per heavy atom. The van der Waals surface area contributed by atoms with Crippen LogP contribution in [0, 0.1) is 5.41 Å². The number of nitrogens with one attached hydrogen (secondary N) is 2. The highest BCUT2D eigenvalue weighted by molar-refractivity contribution is 6.42. The summed E-state index contributed by atoms with van der Waals surface area (Å²) in [6.07, 6.45) is 4.95. The van der Waals surface area contributed by atoms with E-state index < -0.39 is 0 Å². The van der Waals surface area contributed by atoms with E-state index in [0.717, 1.165) is 0 Å². The molecule has 108 valence electrons. The van der Waals surface area contributed by atoms with Gasteiger partial charge in [-0.3, -0.25) is 9.78 Å². The number of anilines is 1. The van der Waals surface area contributed by atoms with Gasteiger partial charge in [0.05, 0.1) is 16.2 Å². The van der Waals surface area contributed by atoms with Crippen molar-refractivity contribution < 1.29 is 4.79 Å². The summed E-state index contributed by atoms with van der Waals surface area (Å²) in [6, 6.07) is 4.96.